The van der Waals surface area contributed by atoms with Gasteiger partial charge in [0.05, 0.1) is 25.0 Å². The van der Waals surface area contributed by atoms with E-state index < -0.39 is 0 Å². The standard InChI is InChI=1S/C13H21N3O3/c1-15-9-10(14)8-12(15)13(18)16-4-2-11(3-5-16)19-7-6-17/h8-9,11,17H,2-7,14H2,1H3. The van der Waals surface area contributed by atoms with Crippen molar-refractivity contribution in [2.24, 2.45) is 7.05 Å². The van der Waals surface area contributed by atoms with Gasteiger partial charge in [-0.2, -0.15) is 0 Å². The van der Waals surface area contributed by atoms with Crippen LogP contribution in [0.25, 0.3) is 0 Å². The summed E-state index contributed by atoms with van der Waals surface area (Å²) < 4.78 is 7.24. The normalized spacial score (nSPS) is 16.8. The molecule has 0 radical (unpaired) electrons. The van der Waals surface area contributed by atoms with Crippen LogP contribution in [0.5, 0.6) is 0 Å². The number of aliphatic hydroxyl groups is 1. The smallest absolute Gasteiger partial charge is 0.270 e. The highest BCUT2D eigenvalue weighted by Gasteiger charge is 2.25. The van der Waals surface area contributed by atoms with Gasteiger partial charge in [-0.3, -0.25) is 4.79 Å². The number of aromatic nitrogens is 1. The topological polar surface area (TPSA) is 80.7 Å². The van der Waals surface area contributed by atoms with Crippen LogP contribution < -0.4 is 5.73 Å². The van der Waals surface area contributed by atoms with E-state index in [0.29, 0.717) is 31.1 Å². The zero-order chi connectivity index (χ0) is 13.8. The molecule has 6 heteroatoms. The number of ether oxygens (including phenoxy) is 1. The fourth-order valence-electron chi connectivity index (χ4n) is 2.41. The van der Waals surface area contributed by atoms with Gasteiger partial charge < -0.3 is 25.0 Å². The van der Waals surface area contributed by atoms with Gasteiger partial charge in [-0.05, 0) is 18.9 Å². The molecule has 0 unspecified atom stereocenters. The van der Waals surface area contributed by atoms with E-state index in [1.807, 2.05) is 11.9 Å². The molecule has 1 aliphatic rings. The number of carbonyl (C=O) groups excluding carboxylic acids is 1. The zero-order valence-electron chi connectivity index (χ0n) is 11.2. The highest BCUT2D eigenvalue weighted by Crippen LogP contribution is 2.18. The molecule has 1 fully saturated rings. The first kappa shape index (κ1) is 13.9. The van der Waals surface area contributed by atoms with Crippen molar-refractivity contribution in [2.45, 2.75) is 18.9 Å². The molecule has 0 aliphatic carbocycles. The Bertz CT molecular complexity index is 436. The molecule has 1 aromatic heterocycles. The lowest BCUT2D eigenvalue weighted by atomic mass is 10.1. The molecule has 2 rings (SSSR count). The van der Waals surface area contributed by atoms with Crippen LogP contribution in [-0.4, -0.2) is 52.9 Å². The third-order valence-corrected chi connectivity index (χ3v) is 3.42. The number of likely N-dealkylation sites (tertiary alicyclic amines) is 1. The van der Waals surface area contributed by atoms with Crippen LogP contribution in [0.2, 0.25) is 0 Å². The molecule has 1 amide bonds. The second-order valence-corrected chi connectivity index (χ2v) is 4.86. The van der Waals surface area contributed by atoms with Gasteiger partial charge in [0.2, 0.25) is 0 Å². The lowest BCUT2D eigenvalue weighted by molar-refractivity contribution is -0.00570. The zero-order valence-corrected chi connectivity index (χ0v) is 11.2. The Morgan fingerprint density at radius 1 is 1.53 bits per heavy atom. The molecule has 2 heterocycles. The van der Waals surface area contributed by atoms with Gasteiger partial charge in [0.15, 0.2) is 0 Å². The molecule has 1 aromatic rings. The summed E-state index contributed by atoms with van der Waals surface area (Å²) in [7, 11) is 1.82. The number of nitrogens with zero attached hydrogens (tertiary/aromatic N) is 2. The minimum atomic E-state index is 0.0137. The van der Waals surface area contributed by atoms with E-state index in [1.165, 1.54) is 0 Å². The molecular formula is C13H21N3O3. The van der Waals surface area contributed by atoms with Crippen molar-refractivity contribution in [3.63, 3.8) is 0 Å². The number of nitrogen functional groups attached to an aromatic ring is 1. The minimum absolute atomic E-state index is 0.0137. The lowest BCUT2D eigenvalue weighted by Crippen LogP contribution is -2.41. The first-order chi connectivity index (χ1) is 9.11. The van der Waals surface area contributed by atoms with Crippen molar-refractivity contribution in [1.29, 1.82) is 0 Å². The molecular weight excluding hydrogens is 246 g/mol. The number of hydrogen-bond donors (Lipinski definition) is 2. The van der Waals surface area contributed by atoms with Crippen molar-refractivity contribution in [3.05, 3.63) is 18.0 Å². The lowest BCUT2D eigenvalue weighted by Gasteiger charge is -2.31. The van der Waals surface area contributed by atoms with Gasteiger partial charge in [0.25, 0.3) is 5.91 Å². The fraction of sp³-hybridized carbons (Fsp3) is 0.615. The van der Waals surface area contributed by atoms with Crippen LogP contribution in [-0.2, 0) is 11.8 Å². The second kappa shape index (κ2) is 6.08. The van der Waals surface area contributed by atoms with Gasteiger partial charge in [-0.15, -0.1) is 0 Å². The van der Waals surface area contributed by atoms with E-state index in [-0.39, 0.29) is 18.6 Å². The maximum Gasteiger partial charge on any atom is 0.270 e. The summed E-state index contributed by atoms with van der Waals surface area (Å²) in [5.41, 5.74) is 6.91. The number of piperidine rings is 1. The average molecular weight is 267 g/mol. The van der Waals surface area contributed by atoms with E-state index in [4.69, 9.17) is 15.6 Å². The minimum Gasteiger partial charge on any atom is -0.397 e. The largest absolute Gasteiger partial charge is 0.397 e. The summed E-state index contributed by atoms with van der Waals surface area (Å²) in [6, 6.07) is 1.71. The van der Waals surface area contributed by atoms with Crippen molar-refractivity contribution >= 4 is 11.6 Å². The first-order valence-electron chi connectivity index (χ1n) is 6.55. The van der Waals surface area contributed by atoms with E-state index >= 15 is 0 Å². The summed E-state index contributed by atoms with van der Waals surface area (Å²) >= 11 is 0. The van der Waals surface area contributed by atoms with Crippen LogP contribution in [0.15, 0.2) is 12.3 Å². The molecule has 1 aliphatic heterocycles. The maximum atomic E-state index is 12.3. The number of anilines is 1. The molecule has 0 atom stereocenters. The Hall–Kier alpha value is -1.53. The van der Waals surface area contributed by atoms with Crippen molar-refractivity contribution in [3.8, 4) is 0 Å². The molecule has 0 aromatic carbocycles. The van der Waals surface area contributed by atoms with Crippen LogP contribution in [0, 0.1) is 0 Å². The Morgan fingerprint density at radius 2 is 2.21 bits per heavy atom. The summed E-state index contributed by atoms with van der Waals surface area (Å²) in [6.45, 7) is 1.77. The molecule has 1 saturated heterocycles. The van der Waals surface area contributed by atoms with E-state index in [1.54, 1.807) is 16.8 Å². The first-order valence-corrected chi connectivity index (χ1v) is 6.55. The number of aryl methyl sites for hydroxylation is 1. The third kappa shape index (κ3) is 3.27. The molecule has 0 spiro atoms. The molecule has 106 valence electrons. The number of carbonyl (C=O) groups is 1. The Kier molecular flexibility index (Phi) is 4.44. The Morgan fingerprint density at radius 3 is 2.74 bits per heavy atom. The van der Waals surface area contributed by atoms with Crippen molar-refractivity contribution < 1.29 is 14.6 Å². The number of amides is 1. The molecule has 0 saturated carbocycles. The Labute approximate surface area is 112 Å². The maximum absolute atomic E-state index is 12.3. The summed E-state index contributed by atoms with van der Waals surface area (Å²) in [6.07, 6.45) is 3.51. The number of nitrogens with two attached hydrogens (primary N) is 1. The van der Waals surface area contributed by atoms with Gasteiger partial charge in [-0.1, -0.05) is 0 Å². The van der Waals surface area contributed by atoms with Gasteiger partial charge in [0.1, 0.15) is 5.69 Å². The average Bonchev–Trinajstić information content (AvgIpc) is 2.75. The summed E-state index contributed by atoms with van der Waals surface area (Å²) in [5.74, 6) is 0.0137. The van der Waals surface area contributed by atoms with Gasteiger partial charge in [0, 0.05) is 26.3 Å². The molecule has 0 bridgehead atoms. The summed E-state index contributed by atoms with van der Waals surface area (Å²) in [5, 5.41) is 8.71. The van der Waals surface area contributed by atoms with E-state index in [9.17, 15) is 4.79 Å². The number of hydrogen-bond acceptors (Lipinski definition) is 4. The number of rotatable bonds is 4. The molecule has 19 heavy (non-hydrogen) atoms. The van der Waals surface area contributed by atoms with Crippen LogP contribution in [0.3, 0.4) is 0 Å². The number of aliphatic hydroxyl groups excluding tert-OH is 1. The van der Waals surface area contributed by atoms with Crippen LogP contribution in [0.4, 0.5) is 5.69 Å². The van der Waals surface area contributed by atoms with Crippen LogP contribution >= 0.6 is 0 Å². The molecule has 6 nitrogen and oxygen atoms in total. The van der Waals surface area contributed by atoms with Crippen molar-refractivity contribution in [2.75, 3.05) is 32.0 Å². The predicted octanol–water partition coefficient (Wildman–Crippen LogP) is 0.221. The Balaban J connectivity index is 1.91. The van der Waals surface area contributed by atoms with Crippen LogP contribution in [0.1, 0.15) is 23.3 Å². The van der Waals surface area contributed by atoms with Gasteiger partial charge in [-0.25, -0.2) is 0 Å². The SMILES string of the molecule is Cn1cc(N)cc1C(=O)N1CCC(OCCO)CC1. The van der Waals surface area contributed by atoms with Gasteiger partial charge >= 0.3 is 0 Å². The second-order valence-electron chi connectivity index (χ2n) is 4.86. The highest BCUT2D eigenvalue weighted by molar-refractivity contribution is 5.93. The monoisotopic (exact) mass is 267 g/mol. The molecule has 3 N–H and O–H groups in total. The predicted molar refractivity (Wildman–Crippen MR) is 71.8 cm³/mol. The fourth-order valence-corrected chi connectivity index (χ4v) is 2.41. The quantitative estimate of drug-likeness (QED) is 0.818. The summed E-state index contributed by atoms with van der Waals surface area (Å²) in [4.78, 5) is 14.2. The third-order valence-electron chi connectivity index (χ3n) is 3.42. The van der Waals surface area contributed by atoms with E-state index in [0.717, 1.165) is 12.8 Å². The van der Waals surface area contributed by atoms with Crippen molar-refractivity contribution in [1.82, 2.24) is 9.47 Å². The highest BCUT2D eigenvalue weighted by atomic mass is 16.5. The van der Waals surface area contributed by atoms with E-state index in [2.05, 4.69) is 0 Å².